The van der Waals surface area contributed by atoms with Crippen LogP contribution in [0, 0.1) is 5.92 Å². The van der Waals surface area contributed by atoms with Crippen molar-refractivity contribution in [3.63, 3.8) is 0 Å². The van der Waals surface area contributed by atoms with Crippen LogP contribution in [0.3, 0.4) is 0 Å². The Morgan fingerprint density at radius 3 is 2.78 bits per heavy atom. The fraction of sp³-hybridized carbons (Fsp3) is 0.375. The summed E-state index contributed by atoms with van der Waals surface area (Å²) in [6, 6.07) is 3.53. The molecule has 1 saturated carbocycles. The van der Waals surface area contributed by atoms with Crippen molar-refractivity contribution in [3.05, 3.63) is 36.5 Å². The molecule has 120 valence electrons. The average molecular weight is 313 g/mol. The lowest BCUT2D eigenvalue weighted by atomic mass is 10.3. The topological polar surface area (TPSA) is 88.9 Å². The first kappa shape index (κ1) is 15.2. The maximum absolute atomic E-state index is 12.0. The minimum Gasteiger partial charge on any atom is -0.350 e. The van der Waals surface area contributed by atoms with E-state index in [2.05, 4.69) is 20.6 Å². The molecular formula is C16H19N5O2. The standard InChI is InChI=1S/C16H19N5O2/c1-2-15(22)20-12-5-6-14(17-8-12)21-9-13(19-10-21)16(23)18-7-11-3-4-11/h5-6,8-11H,2-4,7H2,1H3,(H,18,23)(H,20,22). The number of hydrogen-bond acceptors (Lipinski definition) is 4. The number of pyridine rings is 1. The molecule has 7 nitrogen and oxygen atoms in total. The highest BCUT2D eigenvalue weighted by Crippen LogP contribution is 2.27. The van der Waals surface area contributed by atoms with Gasteiger partial charge in [-0.2, -0.15) is 0 Å². The third-order valence-electron chi connectivity index (χ3n) is 3.68. The van der Waals surface area contributed by atoms with Crippen LogP contribution >= 0.6 is 0 Å². The van der Waals surface area contributed by atoms with Crippen molar-refractivity contribution in [1.82, 2.24) is 19.9 Å². The van der Waals surface area contributed by atoms with Crippen LogP contribution in [0.2, 0.25) is 0 Å². The van der Waals surface area contributed by atoms with Gasteiger partial charge in [-0.15, -0.1) is 0 Å². The third kappa shape index (κ3) is 3.94. The second-order valence-electron chi connectivity index (χ2n) is 5.63. The van der Waals surface area contributed by atoms with Gasteiger partial charge in [0.2, 0.25) is 5.91 Å². The zero-order valence-corrected chi connectivity index (χ0v) is 13.0. The summed E-state index contributed by atoms with van der Waals surface area (Å²) in [7, 11) is 0. The summed E-state index contributed by atoms with van der Waals surface area (Å²) in [5.74, 6) is 1.04. The Morgan fingerprint density at radius 1 is 1.30 bits per heavy atom. The quantitative estimate of drug-likeness (QED) is 0.850. The Bertz CT molecular complexity index is 704. The van der Waals surface area contributed by atoms with Gasteiger partial charge in [0.1, 0.15) is 17.8 Å². The maximum Gasteiger partial charge on any atom is 0.271 e. The van der Waals surface area contributed by atoms with E-state index >= 15 is 0 Å². The molecule has 1 aliphatic carbocycles. The van der Waals surface area contributed by atoms with Gasteiger partial charge in [0.15, 0.2) is 0 Å². The smallest absolute Gasteiger partial charge is 0.271 e. The van der Waals surface area contributed by atoms with Crippen LogP contribution in [0.5, 0.6) is 0 Å². The van der Waals surface area contributed by atoms with E-state index in [-0.39, 0.29) is 11.8 Å². The van der Waals surface area contributed by atoms with Gasteiger partial charge in [0.05, 0.1) is 11.9 Å². The maximum atomic E-state index is 12.0. The molecule has 2 aromatic heterocycles. The lowest BCUT2D eigenvalue weighted by Gasteiger charge is -2.05. The number of imidazole rings is 1. The van der Waals surface area contributed by atoms with Crippen LogP contribution in [0.1, 0.15) is 36.7 Å². The van der Waals surface area contributed by atoms with Gasteiger partial charge in [0.25, 0.3) is 5.91 Å². The SMILES string of the molecule is CCC(=O)Nc1ccc(-n2cnc(C(=O)NCC3CC3)c2)nc1. The van der Waals surface area contributed by atoms with E-state index in [1.54, 1.807) is 42.3 Å². The zero-order chi connectivity index (χ0) is 16.2. The van der Waals surface area contributed by atoms with Crippen LogP contribution in [-0.4, -0.2) is 32.9 Å². The van der Waals surface area contributed by atoms with E-state index in [0.29, 0.717) is 29.5 Å². The first-order valence-corrected chi connectivity index (χ1v) is 7.74. The van der Waals surface area contributed by atoms with Crippen LogP contribution < -0.4 is 10.6 Å². The molecule has 2 heterocycles. The molecule has 0 atom stereocenters. The predicted molar refractivity (Wildman–Crippen MR) is 85.3 cm³/mol. The summed E-state index contributed by atoms with van der Waals surface area (Å²) in [5, 5.41) is 5.62. The fourth-order valence-electron chi connectivity index (χ4n) is 2.08. The van der Waals surface area contributed by atoms with Crippen molar-refractivity contribution >= 4 is 17.5 Å². The molecule has 1 aliphatic rings. The van der Waals surface area contributed by atoms with E-state index in [9.17, 15) is 9.59 Å². The monoisotopic (exact) mass is 313 g/mol. The number of hydrogen-bond donors (Lipinski definition) is 2. The Balaban J connectivity index is 1.64. The summed E-state index contributed by atoms with van der Waals surface area (Å²) < 4.78 is 1.68. The van der Waals surface area contributed by atoms with Gasteiger partial charge in [-0.25, -0.2) is 9.97 Å². The Morgan fingerprint density at radius 2 is 2.13 bits per heavy atom. The molecular weight excluding hydrogens is 294 g/mol. The van der Waals surface area contributed by atoms with Gasteiger partial charge in [0, 0.05) is 19.2 Å². The second-order valence-corrected chi connectivity index (χ2v) is 5.63. The van der Waals surface area contributed by atoms with E-state index in [4.69, 9.17) is 0 Å². The van der Waals surface area contributed by atoms with Crippen molar-refractivity contribution in [2.45, 2.75) is 26.2 Å². The Kier molecular flexibility index (Phi) is 4.36. The molecule has 0 unspecified atom stereocenters. The van der Waals surface area contributed by atoms with E-state index in [1.165, 1.54) is 12.8 Å². The normalized spacial score (nSPS) is 13.6. The number of carbonyl (C=O) groups excluding carboxylic acids is 2. The highest BCUT2D eigenvalue weighted by atomic mass is 16.2. The number of nitrogens with zero attached hydrogens (tertiary/aromatic N) is 3. The molecule has 2 amide bonds. The highest BCUT2D eigenvalue weighted by Gasteiger charge is 2.22. The molecule has 0 aliphatic heterocycles. The summed E-state index contributed by atoms with van der Waals surface area (Å²) in [4.78, 5) is 31.7. The van der Waals surface area contributed by atoms with Crippen molar-refractivity contribution in [1.29, 1.82) is 0 Å². The second kappa shape index (κ2) is 6.60. The van der Waals surface area contributed by atoms with Gasteiger partial charge in [-0.1, -0.05) is 6.92 Å². The molecule has 0 bridgehead atoms. The number of nitrogens with one attached hydrogen (secondary N) is 2. The van der Waals surface area contributed by atoms with Crippen molar-refractivity contribution < 1.29 is 9.59 Å². The zero-order valence-electron chi connectivity index (χ0n) is 13.0. The Hall–Kier alpha value is -2.70. The highest BCUT2D eigenvalue weighted by molar-refractivity contribution is 5.92. The van der Waals surface area contributed by atoms with Crippen molar-refractivity contribution in [2.24, 2.45) is 5.92 Å². The summed E-state index contributed by atoms with van der Waals surface area (Å²) in [6.45, 7) is 2.51. The molecule has 0 saturated heterocycles. The lowest BCUT2D eigenvalue weighted by molar-refractivity contribution is -0.115. The van der Waals surface area contributed by atoms with E-state index < -0.39 is 0 Å². The first-order chi connectivity index (χ1) is 11.2. The molecule has 2 N–H and O–H groups in total. The third-order valence-corrected chi connectivity index (χ3v) is 3.68. The number of aromatic nitrogens is 3. The largest absolute Gasteiger partial charge is 0.350 e. The van der Waals surface area contributed by atoms with Gasteiger partial charge in [-0.3, -0.25) is 14.2 Å². The minimum absolute atomic E-state index is 0.0585. The lowest BCUT2D eigenvalue weighted by Crippen LogP contribution is -2.25. The van der Waals surface area contributed by atoms with Crippen LogP contribution in [-0.2, 0) is 4.79 Å². The molecule has 0 spiro atoms. The molecule has 2 aromatic rings. The van der Waals surface area contributed by atoms with Crippen LogP contribution in [0.15, 0.2) is 30.9 Å². The number of carbonyl (C=O) groups is 2. The molecule has 1 fully saturated rings. The van der Waals surface area contributed by atoms with E-state index in [0.717, 1.165) is 6.54 Å². The number of anilines is 1. The Labute approximate surface area is 134 Å². The van der Waals surface area contributed by atoms with Crippen LogP contribution in [0.4, 0.5) is 5.69 Å². The molecule has 7 heteroatoms. The molecule has 23 heavy (non-hydrogen) atoms. The molecule has 0 radical (unpaired) electrons. The first-order valence-electron chi connectivity index (χ1n) is 7.74. The van der Waals surface area contributed by atoms with Gasteiger partial charge >= 0.3 is 0 Å². The summed E-state index contributed by atoms with van der Waals surface area (Å²) in [6.07, 6.45) is 7.59. The number of amides is 2. The summed E-state index contributed by atoms with van der Waals surface area (Å²) in [5.41, 5.74) is 1.01. The van der Waals surface area contributed by atoms with Crippen LogP contribution in [0.25, 0.3) is 5.82 Å². The summed E-state index contributed by atoms with van der Waals surface area (Å²) >= 11 is 0. The molecule has 3 rings (SSSR count). The number of rotatable bonds is 6. The average Bonchev–Trinajstić information content (AvgIpc) is 3.27. The van der Waals surface area contributed by atoms with Crippen molar-refractivity contribution in [2.75, 3.05) is 11.9 Å². The minimum atomic E-state index is -0.164. The fourth-order valence-corrected chi connectivity index (χ4v) is 2.08. The van der Waals surface area contributed by atoms with Gasteiger partial charge in [-0.05, 0) is 30.9 Å². The predicted octanol–water partition coefficient (Wildman–Crippen LogP) is 1.76. The van der Waals surface area contributed by atoms with Crippen molar-refractivity contribution in [3.8, 4) is 5.82 Å². The molecule has 0 aromatic carbocycles. The van der Waals surface area contributed by atoms with E-state index in [1.807, 2.05) is 0 Å². The van der Waals surface area contributed by atoms with Gasteiger partial charge < -0.3 is 10.6 Å².